The zero-order valence-electron chi connectivity index (χ0n) is 11.6. The normalized spacial score (nSPS) is 10.7. The summed E-state index contributed by atoms with van der Waals surface area (Å²) in [6, 6.07) is 16.3. The van der Waals surface area contributed by atoms with Crippen LogP contribution in [0.1, 0.15) is 11.1 Å². The smallest absolute Gasteiger partial charge is 0.230 e. The average Bonchev–Trinajstić information content (AvgIpc) is 2.82. The molecule has 0 aliphatic rings. The highest BCUT2D eigenvalue weighted by Crippen LogP contribution is 2.37. The van der Waals surface area contributed by atoms with Gasteiger partial charge in [0, 0.05) is 5.56 Å². The summed E-state index contributed by atoms with van der Waals surface area (Å²) in [6.07, 6.45) is 0. The van der Waals surface area contributed by atoms with E-state index in [4.69, 9.17) is 10.3 Å². The van der Waals surface area contributed by atoms with Gasteiger partial charge in [-0.15, -0.1) is 0 Å². The lowest BCUT2D eigenvalue weighted by molar-refractivity contribution is 0.439. The predicted octanol–water partition coefficient (Wildman–Crippen LogP) is 4.21. The molecule has 20 heavy (non-hydrogen) atoms. The zero-order chi connectivity index (χ0) is 14.1. The average molecular weight is 264 g/mol. The summed E-state index contributed by atoms with van der Waals surface area (Å²) in [6.45, 7) is 4.11. The predicted molar refractivity (Wildman–Crippen MR) is 81.3 cm³/mol. The van der Waals surface area contributed by atoms with E-state index in [0.29, 0.717) is 5.88 Å². The second kappa shape index (κ2) is 4.85. The maximum atomic E-state index is 5.98. The second-order valence-corrected chi connectivity index (χ2v) is 4.95. The molecule has 0 saturated carbocycles. The number of aromatic nitrogens is 1. The first-order valence-electron chi connectivity index (χ1n) is 6.55. The van der Waals surface area contributed by atoms with Gasteiger partial charge in [0.1, 0.15) is 5.69 Å². The first-order valence-corrected chi connectivity index (χ1v) is 6.55. The van der Waals surface area contributed by atoms with Gasteiger partial charge in [-0.2, -0.15) is 0 Å². The monoisotopic (exact) mass is 264 g/mol. The number of nitrogen functional groups attached to an aromatic ring is 1. The van der Waals surface area contributed by atoms with Crippen molar-refractivity contribution in [3.8, 4) is 22.4 Å². The van der Waals surface area contributed by atoms with E-state index in [2.05, 4.69) is 37.2 Å². The van der Waals surface area contributed by atoms with Crippen LogP contribution in [0.15, 0.2) is 53.1 Å². The molecule has 2 N–H and O–H groups in total. The Morgan fingerprint density at radius 2 is 1.65 bits per heavy atom. The molecule has 3 rings (SSSR count). The summed E-state index contributed by atoms with van der Waals surface area (Å²) in [4.78, 5) is 0. The largest absolute Gasteiger partial charge is 0.367 e. The molecule has 0 bridgehead atoms. The molecule has 0 amide bonds. The first kappa shape index (κ1) is 12.5. The van der Waals surface area contributed by atoms with Crippen LogP contribution < -0.4 is 5.73 Å². The number of nitrogens with zero attached hydrogens (tertiary/aromatic N) is 1. The molecule has 3 aromatic rings. The Balaban J connectivity index is 2.20. The number of hydrogen-bond acceptors (Lipinski definition) is 3. The molecule has 1 aromatic heterocycles. The van der Waals surface area contributed by atoms with E-state index >= 15 is 0 Å². The van der Waals surface area contributed by atoms with Crippen molar-refractivity contribution < 1.29 is 4.52 Å². The molecule has 0 radical (unpaired) electrons. The van der Waals surface area contributed by atoms with Crippen LogP contribution >= 0.6 is 0 Å². The Bertz CT molecular complexity index is 742. The molecule has 0 saturated heterocycles. The Morgan fingerprint density at radius 1 is 0.950 bits per heavy atom. The topological polar surface area (TPSA) is 52.0 Å². The fourth-order valence-corrected chi connectivity index (χ4v) is 2.32. The molecule has 0 unspecified atom stereocenters. The second-order valence-electron chi connectivity index (χ2n) is 4.95. The molecule has 0 aliphatic heterocycles. The molecular formula is C17H16N2O. The quantitative estimate of drug-likeness (QED) is 0.754. The van der Waals surface area contributed by atoms with Crippen molar-refractivity contribution in [1.82, 2.24) is 5.16 Å². The van der Waals surface area contributed by atoms with E-state index in [-0.39, 0.29) is 0 Å². The zero-order valence-corrected chi connectivity index (χ0v) is 11.6. The highest BCUT2D eigenvalue weighted by molar-refractivity contribution is 5.88. The van der Waals surface area contributed by atoms with Crippen LogP contribution in [0.5, 0.6) is 0 Å². The number of aryl methyl sites for hydroxylation is 2. The fourth-order valence-electron chi connectivity index (χ4n) is 2.32. The van der Waals surface area contributed by atoms with Gasteiger partial charge in [-0.3, -0.25) is 0 Å². The highest BCUT2D eigenvalue weighted by atomic mass is 16.5. The van der Waals surface area contributed by atoms with Gasteiger partial charge in [0.2, 0.25) is 5.88 Å². The van der Waals surface area contributed by atoms with Crippen LogP contribution in [0.25, 0.3) is 22.4 Å². The maximum Gasteiger partial charge on any atom is 0.230 e. The number of benzene rings is 2. The standard InChI is InChI=1S/C17H16N2O/c1-11-7-9-13(10-8-11)16-15(17(18)20-19-16)14-6-4-3-5-12(14)2/h3-10H,18H2,1-2H3. The maximum absolute atomic E-state index is 5.98. The molecular weight excluding hydrogens is 248 g/mol. The van der Waals surface area contributed by atoms with Crippen LogP contribution in [-0.2, 0) is 0 Å². The molecule has 3 nitrogen and oxygen atoms in total. The number of hydrogen-bond donors (Lipinski definition) is 1. The molecule has 100 valence electrons. The van der Waals surface area contributed by atoms with Crippen LogP contribution in [0.4, 0.5) is 5.88 Å². The van der Waals surface area contributed by atoms with Crippen molar-refractivity contribution in [2.24, 2.45) is 0 Å². The van der Waals surface area contributed by atoms with Gasteiger partial charge in [0.05, 0.1) is 5.56 Å². The van der Waals surface area contributed by atoms with Crippen molar-refractivity contribution in [3.05, 3.63) is 59.7 Å². The Kier molecular flexibility index (Phi) is 3.03. The van der Waals surface area contributed by atoms with Gasteiger partial charge in [0.15, 0.2) is 0 Å². The molecule has 2 aromatic carbocycles. The third-order valence-electron chi connectivity index (χ3n) is 3.46. The van der Waals surface area contributed by atoms with Crippen molar-refractivity contribution in [2.75, 3.05) is 5.73 Å². The Hall–Kier alpha value is -2.55. The third-order valence-corrected chi connectivity index (χ3v) is 3.46. The Labute approximate surface area is 118 Å². The summed E-state index contributed by atoms with van der Waals surface area (Å²) in [5.74, 6) is 0.356. The lowest BCUT2D eigenvalue weighted by atomic mass is 9.97. The number of nitrogens with two attached hydrogens (primary N) is 1. The van der Waals surface area contributed by atoms with E-state index in [1.54, 1.807) is 0 Å². The van der Waals surface area contributed by atoms with Gasteiger partial charge >= 0.3 is 0 Å². The van der Waals surface area contributed by atoms with Crippen molar-refractivity contribution >= 4 is 5.88 Å². The van der Waals surface area contributed by atoms with E-state index in [1.807, 2.05) is 30.3 Å². The molecule has 0 spiro atoms. The van der Waals surface area contributed by atoms with Crippen LogP contribution in [0.2, 0.25) is 0 Å². The van der Waals surface area contributed by atoms with Crippen LogP contribution in [0, 0.1) is 13.8 Å². The SMILES string of the molecule is Cc1ccc(-c2noc(N)c2-c2ccccc2C)cc1. The Morgan fingerprint density at radius 3 is 2.35 bits per heavy atom. The number of anilines is 1. The van der Waals surface area contributed by atoms with E-state index in [1.165, 1.54) is 5.56 Å². The van der Waals surface area contributed by atoms with E-state index in [0.717, 1.165) is 27.9 Å². The minimum Gasteiger partial charge on any atom is -0.367 e. The molecule has 1 heterocycles. The van der Waals surface area contributed by atoms with Crippen LogP contribution in [-0.4, -0.2) is 5.16 Å². The third kappa shape index (κ3) is 2.07. The van der Waals surface area contributed by atoms with E-state index < -0.39 is 0 Å². The number of rotatable bonds is 2. The fraction of sp³-hybridized carbons (Fsp3) is 0.118. The minimum absolute atomic E-state index is 0.356. The first-order chi connectivity index (χ1) is 9.66. The lowest BCUT2D eigenvalue weighted by Crippen LogP contribution is -1.90. The van der Waals surface area contributed by atoms with Gasteiger partial charge in [-0.25, -0.2) is 0 Å². The van der Waals surface area contributed by atoms with Gasteiger partial charge in [-0.05, 0) is 25.0 Å². The highest BCUT2D eigenvalue weighted by Gasteiger charge is 2.18. The summed E-state index contributed by atoms with van der Waals surface area (Å²) in [5.41, 5.74) is 12.1. The molecule has 0 atom stereocenters. The molecule has 0 aliphatic carbocycles. The van der Waals surface area contributed by atoms with Crippen molar-refractivity contribution in [1.29, 1.82) is 0 Å². The lowest BCUT2D eigenvalue weighted by Gasteiger charge is -2.06. The van der Waals surface area contributed by atoms with E-state index in [9.17, 15) is 0 Å². The molecule has 0 fully saturated rings. The van der Waals surface area contributed by atoms with Crippen molar-refractivity contribution in [3.63, 3.8) is 0 Å². The summed E-state index contributed by atoms with van der Waals surface area (Å²) >= 11 is 0. The van der Waals surface area contributed by atoms with Crippen molar-refractivity contribution in [2.45, 2.75) is 13.8 Å². The van der Waals surface area contributed by atoms with Gasteiger partial charge in [-0.1, -0.05) is 59.3 Å². The minimum atomic E-state index is 0.356. The summed E-state index contributed by atoms with van der Waals surface area (Å²) in [7, 11) is 0. The molecule has 3 heteroatoms. The summed E-state index contributed by atoms with van der Waals surface area (Å²) in [5, 5.41) is 4.13. The van der Waals surface area contributed by atoms with Gasteiger partial charge < -0.3 is 10.3 Å². The van der Waals surface area contributed by atoms with Crippen LogP contribution in [0.3, 0.4) is 0 Å². The summed E-state index contributed by atoms with van der Waals surface area (Å²) < 4.78 is 5.22. The van der Waals surface area contributed by atoms with Gasteiger partial charge in [0.25, 0.3) is 0 Å².